The van der Waals surface area contributed by atoms with Gasteiger partial charge < -0.3 is 9.42 Å². The van der Waals surface area contributed by atoms with E-state index in [0.29, 0.717) is 37.1 Å². The SMILES string of the molecule is CC(C)c1ccc(-c2noc(C3CC(=O)N(Cc4ccc(F)c(Cl)c4)C3)n2)cc1. The maximum atomic E-state index is 13.3. The Hall–Kier alpha value is -2.73. The molecule has 2 aromatic carbocycles. The molecule has 0 spiro atoms. The third kappa shape index (κ3) is 4.17. The minimum atomic E-state index is -0.471. The molecule has 7 heteroatoms. The highest BCUT2D eigenvalue weighted by molar-refractivity contribution is 6.30. The van der Waals surface area contributed by atoms with Gasteiger partial charge in [-0.3, -0.25) is 4.79 Å². The molecule has 0 saturated carbocycles. The molecule has 1 aliphatic heterocycles. The zero-order valence-electron chi connectivity index (χ0n) is 16.2. The first-order chi connectivity index (χ1) is 13.9. The van der Waals surface area contributed by atoms with Gasteiger partial charge in [0.15, 0.2) is 0 Å². The number of aromatic nitrogens is 2. The van der Waals surface area contributed by atoms with Gasteiger partial charge in [-0.05, 0) is 29.2 Å². The van der Waals surface area contributed by atoms with Crippen LogP contribution in [0.1, 0.15) is 49.1 Å². The van der Waals surface area contributed by atoms with Crippen LogP contribution in [0.2, 0.25) is 5.02 Å². The van der Waals surface area contributed by atoms with Crippen molar-refractivity contribution in [2.45, 2.75) is 38.6 Å². The van der Waals surface area contributed by atoms with Crippen LogP contribution in [0, 0.1) is 5.82 Å². The van der Waals surface area contributed by atoms with Crippen molar-refractivity contribution >= 4 is 17.5 Å². The predicted octanol–water partition coefficient (Wildman–Crippen LogP) is 5.17. The van der Waals surface area contributed by atoms with E-state index in [9.17, 15) is 9.18 Å². The molecule has 1 aromatic heterocycles. The molecular formula is C22H21ClFN3O2. The molecule has 0 N–H and O–H groups in total. The lowest BCUT2D eigenvalue weighted by molar-refractivity contribution is -0.128. The fraction of sp³-hybridized carbons (Fsp3) is 0.318. The second-order valence-corrected chi connectivity index (χ2v) is 8.06. The molecule has 1 aliphatic rings. The third-order valence-electron chi connectivity index (χ3n) is 5.20. The molecule has 2 heterocycles. The number of hydrogen-bond acceptors (Lipinski definition) is 4. The van der Waals surface area contributed by atoms with Crippen molar-refractivity contribution in [1.82, 2.24) is 15.0 Å². The first-order valence-corrected chi connectivity index (χ1v) is 9.94. The molecule has 1 amide bonds. The monoisotopic (exact) mass is 413 g/mol. The average Bonchev–Trinajstić information content (AvgIpc) is 3.32. The zero-order chi connectivity index (χ0) is 20.5. The fourth-order valence-electron chi connectivity index (χ4n) is 3.48. The summed E-state index contributed by atoms with van der Waals surface area (Å²) in [6.45, 7) is 5.13. The van der Waals surface area contributed by atoms with Crippen molar-refractivity contribution in [3.63, 3.8) is 0 Å². The minimum absolute atomic E-state index is 0.00326. The highest BCUT2D eigenvalue weighted by atomic mass is 35.5. The van der Waals surface area contributed by atoms with E-state index < -0.39 is 5.82 Å². The molecule has 1 saturated heterocycles. The lowest BCUT2D eigenvalue weighted by Gasteiger charge is -2.16. The van der Waals surface area contributed by atoms with E-state index >= 15 is 0 Å². The number of rotatable bonds is 5. The van der Waals surface area contributed by atoms with E-state index in [1.807, 2.05) is 12.1 Å². The lowest BCUT2D eigenvalue weighted by Crippen LogP contribution is -2.24. The van der Waals surface area contributed by atoms with Crippen LogP contribution in [0.4, 0.5) is 4.39 Å². The van der Waals surface area contributed by atoms with Crippen LogP contribution in [0.25, 0.3) is 11.4 Å². The van der Waals surface area contributed by atoms with E-state index in [4.69, 9.17) is 16.1 Å². The number of halogens is 2. The first kappa shape index (κ1) is 19.6. The van der Waals surface area contributed by atoms with E-state index in [-0.39, 0.29) is 16.8 Å². The average molecular weight is 414 g/mol. The summed E-state index contributed by atoms with van der Waals surface area (Å²) >= 11 is 5.84. The largest absolute Gasteiger partial charge is 0.339 e. The minimum Gasteiger partial charge on any atom is -0.339 e. The Morgan fingerprint density at radius 3 is 2.69 bits per heavy atom. The third-order valence-corrected chi connectivity index (χ3v) is 5.49. The topological polar surface area (TPSA) is 59.2 Å². The van der Waals surface area contributed by atoms with Crippen molar-refractivity contribution < 1.29 is 13.7 Å². The number of carbonyl (C=O) groups is 1. The Morgan fingerprint density at radius 2 is 2.00 bits per heavy atom. The molecule has 0 aliphatic carbocycles. The summed E-state index contributed by atoms with van der Waals surface area (Å²) in [7, 11) is 0. The predicted molar refractivity (Wildman–Crippen MR) is 108 cm³/mol. The Kier molecular flexibility index (Phi) is 5.37. The Balaban J connectivity index is 1.46. The summed E-state index contributed by atoms with van der Waals surface area (Å²) in [5.74, 6) is 0.802. The molecule has 29 heavy (non-hydrogen) atoms. The van der Waals surface area contributed by atoms with Crippen LogP contribution in [-0.2, 0) is 11.3 Å². The smallest absolute Gasteiger partial charge is 0.232 e. The summed E-state index contributed by atoms with van der Waals surface area (Å²) in [6, 6.07) is 12.6. The van der Waals surface area contributed by atoms with Crippen LogP contribution in [0.15, 0.2) is 47.0 Å². The van der Waals surface area contributed by atoms with Crippen LogP contribution in [0.5, 0.6) is 0 Å². The molecule has 1 fully saturated rings. The summed E-state index contributed by atoms with van der Waals surface area (Å²) in [5.41, 5.74) is 2.91. The zero-order valence-corrected chi connectivity index (χ0v) is 17.0. The van der Waals surface area contributed by atoms with Gasteiger partial charge in [-0.1, -0.05) is 60.9 Å². The van der Waals surface area contributed by atoms with Crippen molar-refractivity contribution in [3.05, 3.63) is 70.3 Å². The summed E-state index contributed by atoms with van der Waals surface area (Å²) in [4.78, 5) is 18.6. The molecular weight excluding hydrogens is 393 g/mol. The number of hydrogen-bond donors (Lipinski definition) is 0. The maximum absolute atomic E-state index is 13.3. The Labute approximate surface area is 173 Å². The molecule has 4 rings (SSSR count). The van der Waals surface area contributed by atoms with Crippen LogP contribution >= 0.6 is 11.6 Å². The van der Waals surface area contributed by atoms with E-state index in [0.717, 1.165) is 11.1 Å². The maximum Gasteiger partial charge on any atom is 0.232 e. The molecule has 0 radical (unpaired) electrons. The van der Waals surface area contributed by atoms with Gasteiger partial charge in [0.25, 0.3) is 0 Å². The van der Waals surface area contributed by atoms with Gasteiger partial charge in [0.1, 0.15) is 5.82 Å². The molecule has 1 unspecified atom stereocenters. The summed E-state index contributed by atoms with van der Waals surface area (Å²) < 4.78 is 18.8. The molecule has 150 valence electrons. The van der Waals surface area contributed by atoms with Crippen molar-refractivity contribution in [2.75, 3.05) is 6.54 Å². The van der Waals surface area contributed by atoms with Gasteiger partial charge in [-0.15, -0.1) is 0 Å². The van der Waals surface area contributed by atoms with E-state index in [1.54, 1.807) is 17.0 Å². The second-order valence-electron chi connectivity index (χ2n) is 7.66. The number of benzene rings is 2. The molecule has 3 aromatic rings. The van der Waals surface area contributed by atoms with Crippen LogP contribution in [-0.4, -0.2) is 27.5 Å². The number of carbonyl (C=O) groups excluding carboxylic acids is 1. The van der Waals surface area contributed by atoms with E-state index in [2.05, 4.69) is 36.1 Å². The molecule has 0 bridgehead atoms. The molecule has 1 atom stereocenters. The van der Waals surface area contributed by atoms with E-state index in [1.165, 1.54) is 11.6 Å². The number of nitrogens with zero attached hydrogens (tertiary/aromatic N) is 3. The first-order valence-electron chi connectivity index (χ1n) is 9.56. The van der Waals surface area contributed by atoms with Gasteiger partial charge >= 0.3 is 0 Å². The Bertz CT molecular complexity index is 1030. The lowest BCUT2D eigenvalue weighted by atomic mass is 10.0. The standard InChI is InChI=1S/C22H21ClFN3O2/c1-13(2)15-4-6-16(7-5-15)21-25-22(29-26-21)17-10-20(28)27(12-17)11-14-3-8-19(24)18(23)9-14/h3-9,13,17H,10-12H2,1-2H3. The van der Waals surface area contributed by atoms with Crippen molar-refractivity contribution in [2.24, 2.45) is 0 Å². The van der Waals surface area contributed by atoms with Gasteiger partial charge in [-0.25, -0.2) is 4.39 Å². The Morgan fingerprint density at radius 1 is 1.24 bits per heavy atom. The van der Waals surface area contributed by atoms with Crippen LogP contribution < -0.4 is 0 Å². The number of amides is 1. The van der Waals surface area contributed by atoms with Gasteiger partial charge in [-0.2, -0.15) is 4.98 Å². The van der Waals surface area contributed by atoms with Gasteiger partial charge in [0.05, 0.1) is 10.9 Å². The van der Waals surface area contributed by atoms with Crippen molar-refractivity contribution in [1.29, 1.82) is 0 Å². The highest BCUT2D eigenvalue weighted by Gasteiger charge is 2.34. The summed E-state index contributed by atoms with van der Waals surface area (Å²) in [6.07, 6.45) is 0.308. The fourth-order valence-corrected chi connectivity index (χ4v) is 3.69. The van der Waals surface area contributed by atoms with Gasteiger partial charge in [0.2, 0.25) is 17.6 Å². The molecule has 5 nitrogen and oxygen atoms in total. The quantitative estimate of drug-likeness (QED) is 0.579. The van der Waals surface area contributed by atoms with Crippen LogP contribution in [0.3, 0.4) is 0 Å². The highest BCUT2D eigenvalue weighted by Crippen LogP contribution is 2.30. The van der Waals surface area contributed by atoms with Gasteiger partial charge in [0, 0.05) is 25.1 Å². The van der Waals surface area contributed by atoms with Crippen molar-refractivity contribution in [3.8, 4) is 11.4 Å². The number of likely N-dealkylation sites (tertiary alicyclic amines) is 1. The normalized spacial score (nSPS) is 16.8. The second kappa shape index (κ2) is 7.95. The summed E-state index contributed by atoms with van der Waals surface area (Å²) in [5, 5.41) is 4.14.